The molecule has 2 aromatic carbocycles. The molecule has 0 bridgehead atoms. The molecule has 3 rings (SSSR count). The minimum atomic E-state index is -0.959. The van der Waals surface area contributed by atoms with Gasteiger partial charge < -0.3 is 10.4 Å². The smallest absolute Gasteiger partial charge is 0.335 e. The van der Waals surface area contributed by atoms with Crippen LogP contribution in [-0.2, 0) is 11.2 Å². The second-order valence-electron chi connectivity index (χ2n) is 6.47. The van der Waals surface area contributed by atoms with E-state index in [1.54, 1.807) is 12.1 Å². The Morgan fingerprint density at radius 3 is 2.25 bits per heavy atom. The average molecular weight is 323 g/mol. The van der Waals surface area contributed by atoms with E-state index in [-0.39, 0.29) is 23.9 Å². The second kappa shape index (κ2) is 6.87. The van der Waals surface area contributed by atoms with E-state index in [2.05, 4.69) is 36.5 Å². The summed E-state index contributed by atoms with van der Waals surface area (Å²) in [7, 11) is 0. The predicted molar refractivity (Wildman–Crippen MR) is 91.9 cm³/mol. The summed E-state index contributed by atoms with van der Waals surface area (Å²) in [6, 6.07) is 14.8. The summed E-state index contributed by atoms with van der Waals surface area (Å²) in [4.78, 5) is 23.3. The molecule has 1 saturated carbocycles. The number of aryl methyl sites for hydroxylation is 1. The van der Waals surface area contributed by atoms with Crippen LogP contribution in [-0.4, -0.2) is 17.0 Å². The topological polar surface area (TPSA) is 66.4 Å². The maximum absolute atomic E-state index is 12.4. The van der Waals surface area contributed by atoms with Crippen LogP contribution < -0.4 is 5.32 Å². The van der Waals surface area contributed by atoms with Crippen LogP contribution in [0.5, 0.6) is 0 Å². The first-order valence-electron chi connectivity index (χ1n) is 8.21. The third kappa shape index (κ3) is 4.02. The van der Waals surface area contributed by atoms with E-state index in [0.29, 0.717) is 5.92 Å². The molecule has 0 spiro atoms. The Balaban J connectivity index is 1.65. The SMILES string of the molecule is Cc1ccc(C(NC(=O)Cc2ccc(C(=O)O)cc2)C2CC2)cc1. The maximum atomic E-state index is 12.4. The van der Waals surface area contributed by atoms with Crippen molar-refractivity contribution in [2.45, 2.75) is 32.2 Å². The number of hydrogen-bond acceptors (Lipinski definition) is 2. The number of benzene rings is 2. The molecule has 4 nitrogen and oxygen atoms in total. The zero-order valence-electron chi connectivity index (χ0n) is 13.7. The highest BCUT2D eigenvalue weighted by Gasteiger charge is 2.33. The molecule has 2 N–H and O–H groups in total. The first kappa shape index (κ1) is 16.2. The second-order valence-corrected chi connectivity index (χ2v) is 6.47. The van der Waals surface area contributed by atoms with Crippen LogP contribution in [0.3, 0.4) is 0 Å². The number of amides is 1. The van der Waals surface area contributed by atoms with Crippen LogP contribution in [0.15, 0.2) is 48.5 Å². The lowest BCUT2D eigenvalue weighted by atomic mass is 10.0. The summed E-state index contributed by atoms with van der Waals surface area (Å²) in [5.41, 5.74) is 3.40. The fourth-order valence-corrected chi connectivity index (χ4v) is 2.85. The van der Waals surface area contributed by atoms with E-state index < -0.39 is 5.97 Å². The Labute approximate surface area is 141 Å². The van der Waals surface area contributed by atoms with Gasteiger partial charge in [-0.3, -0.25) is 4.79 Å². The van der Waals surface area contributed by atoms with Gasteiger partial charge in [-0.25, -0.2) is 4.79 Å². The number of carbonyl (C=O) groups excluding carboxylic acids is 1. The molecular formula is C20H21NO3. The van der Waals surface area contributed by atoms with E-state index in [1.807, 2.05) is 0 Å². The minimum Gasteiger partial charge on any atom is -0.478 e. The van der Waals surface area contributed by atoms with Gasteiger partial charge in [0.2, 0.25) is 5.91 Å². The van der Waals surface area contributed by atoms with Gasteiger partial charge in [0.25, 0.3) is 0 Å². The number of carboxylic acid groups (broad SMARTS) is 1. The van der Waals surface area contributed by atoms with Gasteiger partial charge in [0, 0.05) is 0 Å². The third-order valence-corrected chi connectivity index (χ3v) is 4.41. The maximum Gasteiger partial charge on any atom is 0.335 e. The first-order chi connectivity index (χ1) is 11.5. The van der Waals surface area contributed by atoms with Gasteiger partial charge in [0.1, 0.15) is 0 Å². The van der Waals surface area contributed by atoms with E-state index in [4.69, 9.17) is 5.11 Å². The molecule has 1 aliphatic rings. The van der Waals surface area contributed by atoms with Gasteiger partial charge in [0.05, 0.1) is 18.0 Å². The lowest BCUT2D eigenvalue weighted by molar-refractivity contribution is -0.121. The van der Waals surface area contributed by atoms with Crippen molar-refractivity contribution in [3.63, 3.8) is 0 Å². The Morgan fingerprint density at radius 2 is 1.71 bits per heavy atom. The Morgan fingerprint density at radius 1 is 1.08 bits per heavy atom. The van der Waals surface area contributed by atoms with Crippen LogP contribution in [0.25, 0.3) is 0 Å². The van der Waals surface area contributed by atoms with Gasteiger partial charge in [-0.2, -0.15) is 0 Å². The van der Waals surface area contributed by atoms with Crippen molar-refractivity contribution >= 4 is 11.9 Å². The van der Waals surface area contributed by atoms with E-state index in [0.717, 1.165) is 24.0 Å². The van der Waals surface area contributed by atoms with Gasteiger partial charge in [0.15, 0.2) is 0 Å². The van der Waals surface area contributed by atoms with Gasteiger partial charge in [-0.05, 0) is 48.9 Å². The van der Waals surface area contributed by atoms with Crippen LogP contribution in [0.2, 0.25) is 0 Å². The van der Waals surface area contributed by atoms with E-state index >= 15 is 0 Å². The van der Waals surface area contributed by atoms with Crippen molar-refractivity contribution in [1.29, 1.82) is 0 Å². The number of nitrogens with one attached hydrogen (secondary N) is 1. The molecule has 4 heteroatoms. The summed E-state index contributed by atoms with van der Waals surface area (Å²) in [6.45, 7) is 2.05. The molecule has 0 aromatic heterocycles. The molecule has 1 aliphatic carbocycles. The van der Waals surface area contributed by atoms with Crippen molar-refractivity contribution in [3.8, 4) is 0 Å². The Hall–Kier alpha value is -2.62. The molecule has 1 fully saturated rings. The number of hydrogen-bond donors (Lipinski definition) is 2. The summed E-state index contributed by atoms with van der Waals surface area (Å²) < 4.78 is 0. The Bertz CT molecular complexity index is 730. The molecule has 0 aliphatic heterocycles. The van der Waals surface area contributed by atoms with Gasteiger partial charge >= 0.3 is 5.97 Å². The highest BCUT2D eigenvalue weighted by molar-refractivity contribution is 5.87. The Kier molecular flexibility index (Phi) is 4.65. The molecule has 1 amide bonds. The largest absolute Gasteiger partial charge is 0.478 e. The molecule has 24 heavy (non-hydrogen) atoms. The summed E-state index contributed by atoms with van der Waals surface area (Å²) in [6.07, 6.45) is 2.55. The highest BCUT2D eigenvalue weighted by Crippen LogP contribution is 2.41. The molecule has 1 unspecified atom stereocenters. The monoisotopic (exact) mass is 323 g/mol. The zero-order valence-corrected chi connectivity index (χ0v) is 13.7. The van der Waals surface area contributed by atoms with Crippen molar-refractivity contribution in [2.24, 2.45) is 5.92 Å². The van der Waals surface area contributed by atoms with Gasteiger partial charge in [-0.15, -0.1) is 0 Å². The fourth-order valence-electron chi connectivity index (χ4n) is 2.85. The summed E-state index contributed by atoms with van der Waals surface area (Å²) >= 11 is 0. The van der Waals surface area contributed by atoms with Crippen molar-refractivity contribution in [2.75, 3.05) is 0 Å². The van der Waals surface area contributed by atoms with Crippen LogP contribution in [0.1, 0.15) is 45.9 Å². The van der Waals surface area contributed by atoms with Crippen molar-refractivity contribution in [3.05, 3.63) is 70.8 Å². The molecule has 0 radical (unpaired) electrons. The molecule has 1 atom stereocenters. The number of aromatic carboxylic acids is 1. The normalized spacial score (nSPS) is 14.9. The average Bonchev–Trinajstić information content (AvgIpc) is 3.39. The predicted octanol–water partition coefficient (Wildman–Crippen LogP) is 3.50. The first-order valence-corrected chi connectivity index (χ1v) is 8.21. The number of rotatable bonds is 6. The van der Waals surface area contributed by atoms with E-state index in [1.165, 1.54) is 17.7 Å². The lowest BCUT2D eigenvalue weighted by Gasteiger charge is -2.19. The fraction of sp³-hybridized carbons (Fsp3) is 0.300. The van der Waals surface area contributed by atoms with Crippen LogP contribution in [0.4, 0.5) is 0 Å². The molecular weight excluding hydrogens is 302 g/mol. The van der Waals surface area contributed by atoms with Crippen molar-refractivity contribution < 1.29 is 14.7 Å². The minimum absolute atomic E-state index is 0.0319. The van der Waals surface area contributed by atoms with E-state index in [9.17, 15) is 9.59 Å². The van der Waals surface area contributed by atoms with Gasteiger partial charge in [-0.1, -0.05) is 42.0 Å². The number of carbonyl (C=O) groups is 2. The molecule has 0 saturated heterocycles. The number of carboxylic acids is 1. The highest BCUT2D eigenvalue weighted by atomic mass is 16.4. The van der Waals surface area contributed by atoms with Crippen LogP contribution >= 0.6 is 0 Å². The molecule has 124 valence electrons. The summed E-state index contributed by atoms with van der Waals surface area (Å²) in [5.74, 6) is -0.472. The van der Waals surface area contributed by atoms with Crippen molar-refractivity contribution in [1.82, 2.24) is 5.32 Å². The quantitative estimate of drug-likeness (QED) is 0.855. The third-order valence-electron chi connectivity index (χ3n) is 4.41. The molecule has 2 aromatic rings. The van der Waals surface area contributed by atoms with Crippen LogP contribution in [0, 0.1) is 12.8 Å². The zero-order chi connectivity index (χ0) is 17.1. The molecule has 0 heterocycles. The standard InChI is InChI=1S/C20H21NO3/c1-13-2-6-15(7-3-13)19(16-10-11-16)21-18(22)12-14-4-8-17(9-5-14)20(23)24/h2-9,16,19H,10-12H2,1H3,(H,21,22)(H,23,24). The summed E-state index contributed by atoms with van der Waals surface area (Å²) in [5, 5.41) is 12.1. The lowest BCUT2D eigenvalue weighted by Crippen LogP contribution is -2.31.